The smallest absolute Gasteiger partial charge is 0.339 e. The van der Waals surface area contributed by atoms with Gasteiger partial charge in [0.25, 0.3) is 5.91 Å². The second kappa shape index (κ2) is 11.4. The van der Waals surface area contributed by atoms with E-state index in [0.717, 1.165) is 11.8 Å². The summed E-state index contributed by atoms with van der Waals surface area (Å²) < 4.78 is 29.3. The van der Waals surface area contributed by atoms with Crippen LogP contribution in [0.5, 0.6) is 11.5 Å². The monoisotopic (exact) mass is 496 g/mol. The SMILES string of the molecule is O=C(COC(=O)c1ccccc1SCC(=O)Nc1ccc2c(c1)OCO2)NCc1ccccc1F. The van der Waals surface area contributed by atoms with E-state index in [-0.39, 0.29) is 30.6 Å². The van der Waals surface area contributed by atoms with Crippen molar-refractivity contribution in [2.45, 2.75) is 11.4 Å². The average Bonchev–Trinajstić information content (AvgIpc) is 3.34. The molecule has 0 aliphatic carbocycles. The molecule has 1 aliphatic heterocycles. The van der Waals surface area contributed by atoms with E-state index in [2.05, 4.69) is 10.6 Å². The summed E-state index contributed by atoms with van der Waals surface area (Å²) in [5.74, 6) is -0.753. The Hall–Kier alpha value is -4.05. The third-order valence-corrected chi connectivity index (χ3v) is 5.96. The molecule has 8 nitrogen and oxygen atoms in total. The van der Waals surface area contributed by atoms with Gasteiger partial charge in [-0.25, -0.2) is 9.18 Å². The van der Waals surface area contributed by atoms with Crippen LogP contribution in [0, 0.1) is 5.82 Å². The summed E-state index contributed by atoms with van der Waals surface area (Å²) in [5.41, 5.74) is 1.12. The molecule has 1 aliphatic rings. The first-order valence-electron chi connectivity index (χ1n) is 10.6. The van der Waals surface area contributed by atoms with Crippen molar-refractivity contribution in [3.05, 3.63) is 83.7 Å². The molecule has 10 heteroatoms. The Kier molecular flexibility index (Phi) is 7.84. The lowest BCUT2D eigenvalue weighted by Crippen LogP contribution is -2.28. The maximum Gasteiger partial charge on any atom is 0.339 e. The topological polar surface area (TPSA) is 103 Å². The van der Waals surface area contributed by atoms with Gasteiger partial charge in [-0.1, -0.05) is 30.3 Å². The molecule has 0 saturated heterocycles. The molecule has 0 fully saturated rings. The molecule has 0 bridgehead atoms. The predicted octanol–water partition coefficient (Wildman–Crippen LogP) is 3.76. The van der Waals surface area contributed by atoms with Gasteiger partial charge in [0, 0.05) is 28.8 Å². The van der Waals surface area contributed by atoms with Crippen LogP contribution in [-0.4, -0.2) is 36.9 Å². The minimum atomic E-state index is -0.703. The summed E-state index contributed by atoms with van der Waals surface area (Å²) in [5, 5.41) is 5.28. The number of hydrogen-bond acceptors (Lipinski definition) is 7. The highest BCUT2D eigenvalue weighted by atomic mass is 32.2. The van der Waals surface area contributed by atoms with Crippen LogP contribution in [0.15, 0.2) is 71.6 Å². The van der Waals surface area contributed by atoms with E-state index in [9.17, 15) is 18.8 Å². The molecule has 0 unspecified atom stereocenters. The number of fused-ring (bicyclic) bond motifs is 1. The van der Waals surface area contributed by atoms with Gasteiger partial charge in [0.2, 0.25) is 12.7 Å². The van der Waals surface area contributed by atoms with Gasteiger partial charge in [-0.3, -0.25) is 9.59 Å². The van der Waals surface area contributed by atoms with Crippen molar-refractivity contribution in [1.29, 1.82) is 0 Å². The third-order valence-electron chi connectivity index (χ3n) is 4.89. The summed E-state index contributed by atoms with van der Waals surface area (Å²) in [6.45, 7) is -0.395. The Labute approximate surface area is 204 Å². The fourth-order valence-electron chi connectivity index (χ4n) is 3.17. The normalized spacial score (nSPS) is 11.6. The van der Waals surface area contributed by atoms with E-state index in [0.29, 0.717) is 27.6 Å². The molecule has 0 aromatic heterocycles. The van der Waals surface area contributed by atoms with Gasteiger partial charge in [-0.15, -0.1) is 11.8 Å². The van der Waals surface area contributed by atoms with Crippen molar-refractivity contribution in [1.82, 2.24) is 5.32 Å². The van der Waals surface area contributed by atoms with Crippen LogP contribution in [0.4, 0.5) is 10.1 Å². The lowest BCUT2D eigenvalue weighted by atomic mass is 10.2. The number of ether oxygens (including phenoxy) is 3. The minimum absolute atomic E-state index is 0.0199. The highest BCUT2D eigenvalue weighted by Crippen LogP contribution is 2.34. The number of carbonyl (C=O) groups is 3. The van der Waals surface area contributed by atoms with Crippen molar-refractivity contribution in [2.24, 2.45) is 0 Å². The molecule has 1 heterocycles. The zero-order valence-electron chi connectivity index (χ0n) is 18.4. The molecule has 2 N–H and O–H groups in total. The number of amides is 2. The van der Waals surface area contributed by atoms with Crippen LogP contribution in [-0.2, 0) is 20.9 Å². The van der Waals surface area contributed by atoms with E-state index >= 15 is 0 Å². The van der Waals surface area contributed by atoms with Gasteiger partial charge in [0.15, 0.2) is 18.1 Å². The van der Waals surface area contributed by atoms with Crippen LogP contribution >= 0.6 is 11.8 Å². The van der Waals surface area contributed by atoms with Crippen LogP contribution in [0.1, 0.15) is 15.9 Å². The van der Waals surface area contributed by atoms with Crippen LogP contribution in [0.25, 0.3) is 0 Å². The molecular formula is C25H21FN2O6S. The maximum absolute atomic E-state index is 13.6. The number of benzene rings is 3. The molecule has 2 amide bonds. The first kappa shape index (κ1) is 24.1. The summed E-state index contributed by atoms with van der Waals surface area (Å²) in [7, 11) is 0. The standard InChI is InChI=1S/C25H21FN2O6S/c26-19-7-3-1-5-16(19)12-27-23(29)13-32-25(31)18-6-2-4-8-22(18)35-14-24(30)28-17-9-10-20-21(11-17)34-15-33-20/h1-11H,12-15H2,(H,27,29)(H,28,30). The van der Waals surface area contributed by atoms with Crippen LogP contribution in [0.2, 0.25) is 0 Å². The van der Waals surface area contributed by atoms with Gasteiger partial charge in [0.1, 0.15) is 5.82 Å². The molecule has 0 radical (unpaired) electrons. The van der Waals surface area contributed by atoms with Crippen molar-refractivity contribution in [2.75, 3.05) is 24.5 Å². The second-order valence-corrected chi connectivity index (χ2v) is 8.36. The number of hydrogen-bond donors (Lipinski definition) is 2. The molecule has 0 atom stereocenters. The fraction of sp³-hybridized carbons (Fsp3) is 0.160. The first-order valence-corrected chi connectivity index (χ1v) is 11.6. The van der Waals surface area contributed by atoms with Crippen molar-refractivity contribution < 1.29 is 33.0 Å². The van der Waals surface area contributed by atoms with Crippen LogP contribution in [0.3, 0.4) is 0 Å². The number of halogens is 1. The van der Waals surface area contributed by atoms with E-state index in [1.54, 1.807) is 60.7 Å². The number of nitrogens with one attached hydrogen (secondary N) is 2. The van der Waals surface area contributed by atoms with Gasteiger partial charge in [-0.2, -0.15) is 0 Å². The second-order valence-electron chi connectivity index (χ2n) is 7.35. The molecule has 4 rings (SSSR count). The third kappa shape index (κ3) is 6.51. The minimum Gasteiger partial charge on any atom is -0.454 e. The van der Waals surface area contributed by atoms with Gasteiger partial charge in [0.05, 0.1) is 11.3 Å². The zero-order chi connectivity index (χ0) is 24.6. The van der Waals surface area contributed by atoms with Gasteiger partial charge in [-0.05, 0) is 30.3 Å². The Morgan fingerprint density at radius 3 is 2.57 bits per heavy atom. The van der Waals surface area contributed by atoms with Crippen molar-refractivity contribution >= 4 is 35.2 Å². The summed E-state index contributed by atoms with van der Waals surface area (Å²) in [4.78, 5) is 37.5. The van der Waals surface area contributed by atoms with E-state index < -0.39 is 24.3 Å². The number of carbonyl (C=O) groups excluding carboxylic acids is 3. The molecule has 0 saturated carbocycles. The van der Waals surface area contributed by atoms with E-state index in [1.807, 2.05) is 0 Å². The Bertz CT molecular complexity index is 1250. The van der Waals surface area contributed by atoms with Crippen LogP contribution < -0.4 is 20.1 Å². The van der Waals surface area contributed by atoms with E-state index in [4.69, 9.17) is 14.2 Å². The average molecular weight is 497 g/mol. The largest absolute Gasteiger partial charge is 0.454 e. The molecular weight excluding hydrogens is 475 g/mol. The van der Waals surface area contributed by atoms with Gasteiger partial charge >= 0.3 is 5.97 Å². The highest BCUT2D eigenvalue weighted by molar-refractivity contribution is 8.00. The lowest BCUT2D eigenvalue weighted by Gasteiger charge is -2.10. The first-order chi connectivity index (χ1) is 17.0. The molecule has 35 heavy (non-hydrogen) atoms. The molecule has 180 valence electrons. The summed E-state index contributed by atoms with van der Waals surface area (Å²) >= 11 is 1.16. The summed E-state index contributed by atoms with van der Waals surface area (Å²) in [6, 6.07) is 17.8. The highest BCUT2D eigenvalue weighted by Gasteiger charge is 2.17. The Morgan fingerprint density at radius 1 is 0.943 bits per heavy atom. The number of esters is 1. The molecule has 3 aromatic carbocycles. The Morgan fingerprint density at radius 2 is 1.71 bits per heavy atom. The quantitative estimate of drug-likeness (QED) is 0.344. The molecule has 3 aromatic rings. The predicted molar refractivity (Wildman–Crippen MR) is 127 cm³/mol. The lowest BCUT2D eigenvalue weighted by molar-refractivity contribution is -0.124. The maximum atomic E-state index is 13.6. The van der Waals surface area contributed by atoms with Crippen molar-refractivity contribution in [3.8, 4) is 11.5 Å². The summed E-state index contributed by atoms with van der Waals surface area (Å²) in [6.07, 6.45) is 0. The number of anilines is 1. The fourth-order valence-corrected chi connectivity index (χ4v) is 4.01. The molecule has 0 spiro atoms. The van der Waals surface area contributed by atoms with Crippen molar-refractivity contribution in [3.63, 3.8) is 0 Å². The zero-order valence-corrected chi connectivity index (χ0v) is 19.2. The Balaban J connectivity index is 1.27. The number of rotatable bonds is 9. The number of thioether (sulfide) groups is 1. The van der Waals surface area contributed by atoms with E-state index in [1.165, 1.54) is 6.07 Å². The van der Waals surface area contributed by atoms with Gasteiger partial charge < -0.3 is 24.8 Å².